The first kappa shape index (κ1) is 18.5. The number of hydrogen-bond donors (Lipinski definition) is 3. The minimum absolute atomic E-state index is 0.0811. The summed E-state index contributed by atoms with van der Waals surface area (Å²) in [5, 5.41) is 24.0. The normalized spacial score (nSPS) is 10.6. The topological polar surface area (TPSA) is 111 Å². The third-order valence-corrected chi connectivity index (χ3v) is 3.53. The van der Waals surface area contributed by atoms with Crippen LogP contribution in [0.25, 0.3) is 0 Å². The van der Waals surface area contributed by atoms with Crippen molar-refractivity contribution in [3.8, 4) is 11.8 Å². The number of phenols is 1. The number of hydrogen-bond acceptors (Lipinski definition) is 6. The van der Waals surface area contributed by atoms with Crippen molar-refractivity contribution in [1.82, 2.24) is 0 Å². The van der Waals surface area contributed by atoms with Gasteiger partial charge in [-0.15, -0.1) is 0 Å². The number of amides is 1. The lowest BCUT2D eigenvalue weighted by Gasteiger charge is -2.09. The van der Waals surface area contributed by atoms with Gasteiger partial charge in [0, 0.05) is 11.9 Å². The van der Waals surface area contributed by atoms with Gasteiger partial charge in [0.2, 0.25) is 0 Å². The number of nitrogens with one attached hydrogen (secondary N) is 2. The number of rotatable bonds is 5. The van der Waals surface area contributed by atoms with Crippen LogP contribution in [-0.4, -0.2) is 24.1 Å². The number of nitrogens with zero attached hydrogens (tertiary/aromatic N) is 1. The smallest absolute Gasteiger partial charge is 0.339 e. The molecule has 0 radical (unpaired) electrons. The fraction of sp³-hybridized carbons (Fsp3) is 0.105. The Morgan fingerprint density at radius 2 is 1.92 bits per heavy atom. The summed E-state index contributed by atoms with van der Waals surface area (Å²) in [6, 6.07) is 12.8. The lowest BCUT2D eigenvalue weighted by molar-refractivity contribution is -0.112. The predicted octanol–water partition coefficient (Wildman–Crippen LogP) is 2.95. The number of para-hydroxylation sites is 1. The number of aryl methyl sites for hydroxylation is 1. The van der Waals surface area contributed by atoms with Gasteiger partial charge < -0.3 is 20.5 Å². The summed E-state index contributed by atoms with van der Waals surface area (Å²) in [6.45, 7) is 1.72. The highest BCUT2D eigenvalue weighted by molar-refractivity contribution is 6.07. The molecule has 3 N–H and O–H groups in total. The fourth-order valence-corrected chi connectivity index (χ4v) is 2.17. The number of esters is 1. The first-order valence-electron chi connectivity index (χ1n) is 7.61. The highest BCUT2D eigenvalue weighted by Crippen LogP contribution is 2.21. The van der Waals surface area contributed by atoms with Gasteiger partial charge in [0.1, 0.15) is 17.4 Å². The molecule has 0 aliphatic carbocycles. The molecule has 2 aromatic carbocycles. The second-order valence-corrected chi connectivity index (χ2v) is 5.30. The zero-order valence-corrected chi connectivity index (χ0v) is 14.2. The summed E-state index contributed by atoms with van der Waals surface area (Å²) in [5.74, 6) is -1.08. The zero-order chi connectivity index (χ0) is 19.1. The van der Waals surface area contributed by atoms with E-state index in [2.05, 4.69) is 10.6 Å². The average molecular weight is 351 g/mol. The molecule has 0 bridgehead atoms. The lowest BCUT2D eigenvalue weighted by atomic mass is 10.1. The zero-order valence-electron chi connectivity index (χ0n) is 14.2. The van der Waals surface area contributed by atoms with Gasteiger partial charge >= 0.3 is 5.97 Å². The van der Waals surface area contributed by atoms with E-state index in [-0.39, 0.29) is 16.9 Å². The number of phenolic OH excluding ortho intramolecular Hbond substituents is 1. The molecule has 2 rings (SSSR count). The van der Waals surface area contributed by atoms with E-state index in [1.54, 1.807) is 37.3 Å². The van der Waals surface area contributed by atoms with Crippen LogP contribution in [0.5, 0.6) is 5.75 Å². The molecule has 26 heavy (non-hydrogen) atoms. The number of anilines is 2. The van der Waals surface area contributed by atoms with Crippen molar-refractivity contribution in [3.05, 3.63) is 65.4 Å². The van der Waals surface area contributed by atoms with E-state index in [1.807, 2.05) is 0 Å². The summed E-state index contributed by atoms with van der Waals surface area (Å²) >= 11 is 0. The van der Waals surface area contributed by atoms with Gasteiger partial charge in [-0.2, -0.15) is 5.26 Å². The molecule has 7 heteroatoms. The van der Waals surface area contributed by atoms with Crippen molar-refractivity contribution in [1.29, 1.82) is 5.26 Å². The lowest BCUT2D eigenvalue weighted by Crippen LogP contribution is -2.15. The molecule has 0 saturated heterocycles. The van der Waals surface area contributed by atoms with E-state index in [0.717, 1.165) is 0 Å². The summed E-state index contributed by atoms with van der Waals surface area (Å²) < 4.78 is 4.69. The van der Waals surface area contributed by atoms with Crippen LogP contribution >= 0.6 is 0 Å². The maximum atomic E-state index is 12.3. The first-order valence-corrected chi connectivity index (χ1v) is 7.61. The largest absolute Gasteiger partial charge is 0.508 e. The second kappa shape index (κ2) is 8.35. The second-order valence-electron chi connectivity index (χ2n) is 5.30. The van der Waals surface area contributed by atoms with Gasteiger partial charge in [-0.1, -0.05) is 12.1 Å². The molecule has 0 spiro atoms. The first-order chi connectivity index (χ1) is 12.5. The van der Waals surface area contributed by atoms with Crippen molar-refractivity contribution in [2.24, 2.45) is 0 Å². The molecule has 0 unspecified atom stereocenters. The highest BCUT2D eigenvalue weighted by atomic mass is 16.5. The molecule has 0 saturated carbocycles. The fourth-order valence-electron chi connectivity index (χ4n) is 2.17. The van der Waals surface area contributed by atoms with Crippen LogP contribution in [0.3, 0.4) is 0 Å². The molecular weight excluding hydrogens is 334 g/mol. The Morgan fingerprint density at radius 3 is 2.58 bits per heavy atom. The summed E-state index contributed by atoms with van der Waals surface area (Å²) in [6.07, 6.45) is 1.22. The van der Waals surface area contributed by atoms with E-state index in [9.17, 15) is 20.0 Å². The Bertz CT molecular complexity index is 913. The maximum Gasteiger partial charge on any atom is 0.339 e. The molecule has 0 heterocycles. The maximum absolute atomic E-state index is 12.3. The third-order valence-electron chi connectivity index (χ3n) is 3.53. The molecule has 0 fully saturated rings. The minimum atomic E-state index is -0.621. The quantitative estimate of drug-likeness (QED) is 0.330. The van der Waals surface area contributed by atoms with Gasteiger partial charge in [-0.05, 0) is 42.8 Å². The van der Waals surface area contributed by atoms with Crippen molar-refractivity contribution >= 4 is 23.3 Å². The predicted molar refractivity (Wildman–Crippen MR) is 96.6 cm³/mol. The van der Waals surface area contributed by atoms with E-state index >= 15 is 0 Å². The van der Waals surface area contributed by atoms with Gasteiger partial charge in [-0.3, -0.25) is 4.79 Å². The van der Waals surface area contributed by atoms with Crippen LogP contribution in [0.2, 0.25) is 0 Å². The van der Waals surface area contributed by atoms with Gasteiger partial charge in [-0.25, -0.2) is 4.79 Å². The molecule has 2 aromatic rings. The number of benzene rings is 2. The van der Waals surface area contributed by atoms with E-state index in [0.29, 0.717) is 16.9 Å². The Hall–Kier alpha value is -3.79. The van der Waals surface area contributed by atoms with Crippen LogP contribution in [0.1, 0.15) is 15.9 Å². The van der Waals surface area contributed by atoms with Gasteiger partial charge in [0.15, 0.2) is 0 Å². The van der Waals surface area contributed by atoms with Crippen molar-refractivity contribution in [3.63, 3.8) is 0 Å². The van der Waals surface area contributed by atoms with E-state index in [1.165, 1.54) is 31.5 Å². The Morgan fingerprint density at radius 1 is 1.19 bits per heavy atom. The van der Waals surface area contributed by atoms with Gasteiger partial charge in [0.05, 0.1) is 18.4 Å². The van der Waals surface area contributed by atoms with Gasteiger partial charge in [0.25, 0.3) is 5.91 Å². The summed E-state index contributed by atoms with van der Waals surface area (Å²) in [7, 11) is 1.27. The minimum Gasteiger partial charge on any atom is -0.508 e. The van der Waals surface area contributed by atoms with Crippen LogP contribution < -0.4 is 10.6 Å². The summed E-state index contributed by atoms with van der Waals surface area (Å²) in [5.41, 5.74) is 1.62. The Labute approximate surface area is 150 Å². The SMILES string of the molecule is COC(=O)c1ccccc1N/C=C(/C#N)C(=O)Nc1ccc(O)cc1C. The third kappa shape index (κ3) is 4.39. The van der Waals surface area contributed by atoms with E-state index in [4.69, 9.17) is 4.74 Å². The average Bonchev–Trinajstić information content (AvgIpc) is 2.64. The molecule has 132 valence electrons. The molecule has 1 amide bonds. The van der Waals surface area contributed by atoms with Crippen molar-refractivity contribution in [2.45, 2.75) is 6.92 Å². The molecule has 0 aliphatic rings. The molecular formula is C19H17N3O4. The summed E-state index contributed by atoms with van der Waals surface area (Å²) in [4.78, 5) is 24.0. The van der Waals surface area contributed by atoms with Crippen molar-refractivity contribution < 1.29 is 19.4 Å². The monoisotopic (exact) mass is 351 g/mol. The number of methoxy groups -OCH3 is 1. The molecule has 0 atom stereocenters. The van der Waals surface area contributed by atoms with E-state index < -0.39 is 11.9 Å². The molecule has 7 nitrogen and oxygen atoms in total. The number of aromatic hydroxyl groups is 1. The molecule has 0 aromatic heterocycles. The molecule has 0 aliphatic heterocycles. The Kier molecular flexibility index (Phi) is 5.96. The van der Waals surface area contributed by atoms with Crippen LogP contribution in [0.15, 0.2) is 54.2 Å². The number of ether oxygens (including phenoxy) is 1. The van der Waals surface area contributed by atoms with Crippen molar-refractivity contribution in [2.75, 3.05) is 17.7 Å². The standard InChI is InChI=1S/C19H17N3O4/c1-12-9-14(23)7-8-16(12)22-18(24)13(10-20)11-21-17-6-4-3-5-15(17)19(25)26-2/h3-9,11,21,23H,1-2H3,(H,22,24)/b13-11-. The van der Waals surface area contributed by atoms with Crippen LogP contribution in [0, 0.1) is 18.3 Å². The van der Waals surface area contributed by atoms with Crippen LogP contribution in [-0.2, 0) is 9.53 Å². The highest BCUT2D eigenvalue weighted by Gasteiger charge is 2.13. The number of carbonyl (C=O) groups excluding carboxylic acids is 2. The number of nitriles is 1. The van der Waals surface area contributed by atoms with Crippen LogP contribution in [0.4, 0.5) is 11.4 Å². The number of carbonyl (C=O) groups is 2. The Balaban J connectivity index is 2.19.